The molecule has 1 heterocycles. The van der Waals surface area contributed by atoms with Crippen molar-refractivity contribution in [3.05, 3.63) is 24.5 Å². The number of thioether (sulfide) groups is 1. The Morgan fingerprint density at radius 3 is 2.57 bits per heavy atom. The van der Waals surface area contributed by atoms with Crippen molar-refractivity contribution in [1.29, 1.82) is 5.26 Å². The normalized spacial score (nSPS) is 10.6. The topological polar surface area (TPSA) is 40.8 Å². The number of nitrogens with one attached hydrogen (secondary N) is 1. The van der Waals surface area contributed by atoms with Crippen LogP contribution < -0.4 is 5.43 Å². The minimum Gasteiger partial charge on any atom is -0.279 e. The first-order valence-electron chi connectivity index (χ1n) is 4.08. The summed E-state index contributed by atoms with van der Waals surface area (Å²) in [6, 6.07) is 5.98. The van der Waals surface area contributed by atoms with Crippen LogP contribution in [0.5, 0.6) is 0 Å². The van der Waals surface area contributed by atoms with Crippen LogP contribution in [0.3, 0.4) is 0 Å². The summed E-state index contributed by atoms with van der Waals surface area (Å²) < 4.78 is 1.85. The smallest absolute Gasteiger partial charge is 0.154 e. The van der Waals surface area contributed by atoms with E-state index in [1.807, 2.05) is 38.4 Å². The van der Waals surface area contributed by atoms with Gasteiger partial charge in [-0.3, -0.25) is 10.1 Å². The van der Waals surface area contributed by atoms with Gasteiger partial charge in [0.25, 0.3) is 0 Å². The number of hydrogen-bond acceptors (Lipinski definition) is 3. The zero-order chi connectivity index (χ0) is 10.6. The van der Waals surface area contributed by atoms with Gasteiger partial charge in [-0.2, -0.15) is 5.26 Å². The van der Waals surface area contributed by atoms with Crippen LogP contribution >= 0.6 is 24.0 Å². The highest BCUT2D eigenvalue weighted by molar-refractivity contribution is 8.24. The molecule has 74 valence electrons. The van der Waals surface area contributed by atoms with E-state index in [4.69, 9.17) is 17.5 Å². The number of nitriles is 1. The highest BCUT2D eigenvalue weighted by Crippen LogP contribution is 2.24. The Hall–Kier alpha value is -0.990. The van der Waals surface area contributed by atoms with Crippen molar-refractivity contribution in [2.24, 2.45) is 0 Å². The number of nitrogens with zero attached hydrogens (tertiary/aromatic N) is 2. The molecule has 0 saturated carbocycles. The molecule has 0 saturated heterocycles. The van der Waals surface area contributed by atoms with E-state index in [-0.39, 0.29) is 0 Å². The Morgan fingerprint density at radius 1 is 1.50 bits per heavy atom. The van der Waals surface area contributed by atoms with Gasteiger partial charge in [-0.15, -0.1) is 0 Å². The Kier molecular flexibility index (Phi) is 3.55. The van der Waals surface area contributed by atoms with Crippen molar-refractivity contribution in [2.45, 2.75) is 18.6 Å². The molecule has 0 radical (unpaired) electrons. The molecule has 1 aromatic heterocycles. The van der Waals surface area contributed by atoms with Crippen molar-refractivity contribution in [3.63, 3.8) is 0 Å². The molecule has 5 heteroatoms. The third kappa shape index (κ3) is 3.40. The van der Waals surface area contributed by atoms with Crippen LogP contribution in [0.4, 0.5) is 0 Å². The van der Waals surface area contributed by atoms with Crippen molar-refractivity contribution < 1.29 is 0 Å². The number of hydrogen-bond donors (Lipinski definition) is 1. The van der Waals surface area contributed by atoms with Gasteiger partial charge in [-0.1, -0.05) is 24.0 Å². The van der Waals surface area contributed by atoms with Crippen molar-refractivity contribution >= 4 is 28.3 Å². The molecule has 0 unspecified atom stereocenters. The Balaban J connectivity index is 2.49. The maximum absolute atomic E-state index is 8.80. The molecule has 0 amide bonds. The second kappa shape index (κ2) is 4.49. The van der Waals surface area contributed by atoms with Gasteiger partial charge in [-0.05, 0) is 26.0 Å². The Morgan fingerprint density at radius 2 is 2.07 bits per heavy atom. The highest BCUT2D eigenvalue weighted by atomic mass is 32.2. The Labute approximate surface area is 93.1 Å². The van der Waals surface area contributed by atoms with Crippen LogP contribution in [-0.2, 0) is 0 Å². The van der Waals surface area contributed by atoms with Gasteiger partial charge >= 0.3 is 0 Å². The molecule has 0 spiro atoms. The summed E-state index contributed by atoms with van der Waals surface area (Å²) in [5.41, 5.74) is 2.97. The lowest BCUT2D eigenvalue weighted by Gasteiger charge is -2.16. The van der Waals surface area contributed by atoms with Crippen LogP contribution in [0, 0.1) is 11.3 Å². The number of rotatable bonds is 2. The van der Waals surface area contributed by atoms with Crippen LogP contribution in [-0.4, -0.2) is 13.7 Å². The average Bonchev–Trinajstić information content (AvgIpc) is 2.55. The fourth-order valence-corrected chi connectivity index (χ4v) is 2.18. The van der Waals surface area contributed by atoms with Gasteiger partial charge in [0.05, 0.1) is 6.07 Å². The van der Waals surface area contributed by atoms with Gasteiger partial charge in [0.1, 0.15) is 4.75 Å². The highest BCUT2D eigenvalue weighted by Gasteiger charge is 2.19. The predicted molar refractivity (Wildman–Crippen MR) is 63.7 cm³/mol. The van der Waals surface area contributed by atoms with E-state index in [1.54, 1.807) is 4.68 Å². The lowest BCUT2D eigenvalue weighted by Crippen LogP contribution is -2.22. The molecule has 0 fully saturated rings. The molecule has 0 atom stereocenters. The molecule has 14 heavy (non-hydrogen) atoms. The molecule has 0 aromatic carbocycles. The fourth-order valence-electron chi connectivity index (χ4n) is 0.792. The second-order valence-corrected chi connectivity index (χ2v) is 5.51. The molecule has 3 nitrogen and oxygen atoms in total. The van der Waals surface area contributed by atoms with E-state index in [9.17, 15) is 0 Å². The van der Waals surface area contributed by atoms with E-state index >= 15 is 0 Å². The molecular formula is C9H11N3S2. The monoisotopic (exact) mass is 225 g/mol. The van der Waals surface area contributed by atoms with E-state index < -0.39 is 4.75 Å². The SMILES string of the molecule is CC(C)(C#N)SC(=S)Nn1cccc1. The summed E-state index contributed by atoms with van der Waals surface area (Å²) in [5.74, 6) is 0. The predicted octanol–water partition coefficient (Wildman–Crippen LogP) is 2.35. The zero-order valence-electron chi connectivity index (χ0n) is 8.02. The maximum atomic E-state index is 8.80. The average molecular weight is 225 g/mol. The van der Waals surface area contributed by atoms with Crippen LogP contribution in [0.2, 0.25) is 0 Å². The minimum absolute atomic E-state index is 0.489. The summed E-state index contributed by atoms with van der Waals surface area (Å²) in [6.45, 7) is 3.67. The first-order valence-corrected chi connectivity index (χ1v) is 5.30. The quantitative estimate of drug-likeness (QED) is 0.784. The Bertz CT molecular complexity index is 349. The van der Waals surface area contributed by atoms with Crippen molar-refractivity contribution in [2.75, 3.05) is 5.43 Å². The molecular weight excluding hydrogens is 214 g/mol. The lowest BCUT2D eigenvalue weighted by atomic mass is 10.2. The minimum atomic E-state index is -0.489. The van der Waals surface area contributed by atoms with Gasteiger partial charge < -0.3 is 0 Å². The first kappa shape index (κ1) is 11.1. The number of aromatic nitrogens is 1. The van der Waals surface area contributed by atoms with E-state index in [1.165, 1.54) is 11.8 Å². The molecule has 1 rings (SSSR count). The zero-order valence-corrected chi connectivity index (χ0v) is 9.65. The van der Waals surface area contributed by atoms with Crippen molar-refractivity contribution in [3.8, 4) is 6.07 Å². The standard InChI is InChI=1S/C9H11N3S2/c1-9(2,7-10)14-8(13)11-12-5-3-4-6-12/h3-6H,1-2H3,(H,11,13). The van der Waals surface area contributed by atoms with Gasteiger partial charge in [0.15, 0.2) is 4.32 Å². The molecule has 1 N–H and O–H groups in total. The van der Waals surface area contributed by atoms with Crippen LogP contribution in [0.15, 0.2) is 24.5 Å². The third-order valence-corrected chi connectivity index (χ3v) is 2.66. The van der Waals surface area contributed by atoms with Gasteiger partial charge in [0.2, 0.25) is 0 Å². The molecule has 1 aromatic rings. The lowest BCUT2D eigenvalue weighted by molar-refractivity contribution is 0.919. The summed E-state index contributed by atoms with van der Waals surface area (Å²) in [6.07, 6.45) is 3.71. The molecule has 0 aliphatic carbocycles. The van der Waals surface area contributed by atoms with Crippen molar-refractivity contribution in [1.82, 2.24) is 4.68 Å². The summed E-state index contributed by atoms with van der Waals surface area (Å²) >= 11 is 6.43. The largest absolute Gasteiger partial charge is 0.279 e. The summed E-state index contributed by atoms with van der Waals surface area (Å²) in [7, 11) is 0. The van der Waals surface area contributed by atoms with Gasteiger partial charge in [0, 0.05) is 12.4 Å². The van der Waals surface area contributed by atoms with Gasteiger partial charge in [-0.25, -0.2) is 0 Å². The fraction of sp³-hybridized carbons (Fsp3) is 0.333. The first-order chi connectivity index (χ1) is 6.53. The maximum Gasteiger partial charge on any atom is 0.154 e. The van der Waals surface area contributed by atoms with Crippen LogP contribution in [0.25, 0.3) is 0 Å². The van der Waals surface area contributed by atoms with E-state index in [2.05, 4.69) is 11.5 Å². The molecule has 0 aliphatic rings. The second-order valence-electron chi connectivity index (χ2n) is 3.21. The number of thiocarbonyl (C=S) groups is 1. The third-order valence-electron chi connectivity index (χ3n) is 1.44. The summed E-state index contributed by atoms with van der Waals surface area (Å²) in [5, 5.41) is 8.80. The van der Waals surface area contributed by atoms with Crippen LogP contribution in [0.1, 0.15) is 13.8 Å². The van der Waals surface area contributed by atoms with E-state index in [0.29, 0.717) is 4.32 Å². The van der Waals surface area contributed by atoms with E-state index in [0.717, 1.165) is 0 Å². The molecule has 0 aliphatic heterocycles. The summed E-state index contributed by atoms with van der Waals surface area (Å²) in [4.78, 5) is 0. The molecule has 0 bridgehead atoms.